The number of hydrogen-bond acceptors (Lipinski definition) is 6. The number of nitrogens with one attached hydrogen (secondary N) is 1. The van der Waals surface area contributed by atoms with Crippen LogP contribution in [0.25, 0.3) is 0 Å². The molecule has 0 saturated carbocycles. The molecular weight excluding hydrogens is 230 g/mol. The van der Waals surface area contributed by atoms with Crippen LogP contribution in [0.15, 0.2) is 0 Å². The Kier molecular flexibility index (Phi) is 4.61. The fourth-order valence-corrected chi connectivity index (χ4v) is 2.06. The van der Waals surface area contributed by atoms with Gasteiger partial charge < -0.3 is 5.32 Å². The number of aryl methyl sites for hydroxylation is 1. The molecule has 1 N–H and O–H groups in total. The predicted molar refractivity (Wildman–Crippen MR) is 65.4 cm³/mol. The van der Waals surface area contributed by atoms with Crippen LogP contribution in [0.1, 0.15) is 25.6 Å². The highest BCUT2D eigenvalue weighted by molar-refractivity contribution is 4.98. The smallest absolute Gasteiger partial charge is 0.165 e. The number of aromatic nitrogens is 4. The highest BCUT2D eigenvalue weighted by Gasteiger charge is 2.23. The van der Waals surface area contributed by atoms with Crippen molar-refractivity contribution in [3.63, 3.8) is 0 Å². The number of nitrogens with zero attached hydrogens (tertiary/aromatic N) is 6. The van der Waals surface area contributed by atoms with Gasteiger partial charge >= 0.3 is 0 Å². The first-order chi connectivity index (χ1) is 8.85. The van der Waals surface area contributed by atoms with E-state index in [0.717, 1.165) is 38.3 Å². The van der Waals surface area contributed by atoms with Crippen molar-refractivity contribution < 1.29 is 0 Å². The third-order valence-electron chi connectivity index (χ3n) is 3.18. The van der Waals surface area contributed by atoms with E-state index in [-0.39, 0.29) is 6.04 Å². The van der Waals surface area contributed by atoms with Crippen molar-refractivity contribution in [1.82, 2.24) is 30.4 Å². The van der Waals surface area contributed by atoms with Crippen molar-refractivity contribution in [2.75, 3.05) is 19.6 Å². The number of unbranched alkanes of at least 4 members (excludes halogenated alkanes) is 1. The summed E-state index contributed by atoms with van der Waals surface area (Å²) in [6.07, 6.45) is 2.19. The lowest BCUT2D eigenvalue weighted by Crippen LogP contribution is -2.50. The van der Waals surface area contributed by atoms with E-state index in [1.54, 1.807) is 0 Å². The lowest BCUT2D eigenvalue weighted by Gasteiger charge is -2.31. The molecule has 7 heteroatoms. The first kappa shape index (κ1) is 12.9. The van der Waals surface area contributed by atoms with Gasteiger partial charge in [-0.15, -0.1) is 5.10 Å². The number of piperazine rings is 1. The van der Waals surface area contributed by atoms with E-state index in [0.29, 0.717) is 13.1 Å². The minimum absolute atomic E-state index is 0.0879. The summed E-state index contributed by atoms with van der Waals surface area (Å²) in [7, 11) is 0. The summed E-state index contributed by atoms with van der Waals surface area (Å²) in [6, 6.07) is 2.23. The zero-order valence-corrected chi connectivity index (χ0v) is 10.7. The maximum Gasteiger partial charge on any atom is 0.165 e. The fourth-order valence-electron chi connectivity index (χ4n) is 2.06. The van der Waals surface area contributed by atoms with E-state index in [9.17, 15) is 0 Å². The molecule has 0 aliphatic carbocycles. The summed E-state index contributed by atoms with van der Waals surface area (Å²) in [6.45, 7) is 6.13. The zero-order valence-electron chi connectivity index (χ0n) is 10.7. The van der Waals surface area contributed by atoms with Crippen LogP contribution in [0.5, 0.6) is 0 Å². The summed E-state index contributed by atoms with van der Waals surface area (Å²) >= 11 is 0. The van der Waals surface area contributed by atoms with Gasteiger partial charge in [0.05, 0.1) is 12.6 Å². The first-order valence-corrected chi connectivity index (χ1v) is 6.44. The van der Waals surface area contributed by atoms with Crippen molar-refractivity contribution in [1.29, 1.82) is 5.26 Å². The van der Waals surface area contributed by atoms with Gasteiger partial charge in [-0.1, -0.05) is 13.3 Å². The molecule has 2 rings (SSSR count). The number of nitriles is 1. The Hall–Kier alpha value is -1.52. The van der Waals surface area contributed by atoms with Crippen molar-refractivity contribution in [3.8, 4) is 6.07 Å². The summed E-state index contributed by atoms with van der Waals surface area (Å²) < 4.78 is 1.85. The highest BCUT2D eigenvalue weighted by atomic mass is 15.5. The topological polar surface area (TPSA) is 82.7 Å². The van der Waals surface area contributed by atoms with E-state index in [2.05, 4.69) is 38.7 Å². The standard InChI is InChI=1S/C11H19N7/c1-2-3-5-18-11(14-15-16-18)9-17-6-4-13-8-10(17)7-12/h10,13H,2-6,8-9H2,1H3. The zero-order chi connectivity index (χ0) is 12.8. The van der Waals surface area contributed by atoms with Gasteiger partial charge in [-0.25, -0.2) is 4.68 Å². The van der Waals surface area contributed by atoms with Gasteiger partial charge in [0.2, 0.25) is 0 Å². The molecule has 1 aliphatic heterocycles. The number of tetrazole rings is 1. The summed E-state index contributed by atoms with van der Waals surface area (Å²) in [5, 5.41) is 24.1. The lowest BCUT2D eigenvalue weighted by molar-refractivity contribution is 0.181. The van der Waals surface area contributed by atoms with E-state index in [1.165, 1.54) is 0 Å². The second kappa shape index (κ2) is 6.42. The van der Waals surface area contributed by atoms with Crippen LogP contribution in [0.2, 0.25) is 0 Å². The Morgan fingerprint density at radius 2 is 2.44 bits per heavy atom. The second-order valence-electron chi connectivity index (χ2n) is 4.49. The fraction of sp³-hybridized carbons (Fsp3) is 0.818. The Bertz CT molecular complexity index is 408. The van der Waals surface area contributed by atoms with Gasteiger partial charge in [-0.3, -0.25) is 4.90 Å². The van der Waals surface area contributed by atoms with Crippen LogP contribution in [-0.4, -0.2) is 50.8 Å². The van der Waals surface area contributed by atoms with Crippen LogP contribution in [0.3, 0.4) is 0 Å². The van der Waals surface area contributed by atoms with Crippen molar-refractivity contribution in [3.05, 3.63) is 5.82 Å². The molecule has 1 fully saturated rings. The molecule has 0 spiro atoms. The molecule has 1 atom stereocenters. The number of rotatable bonds is 5. The minimum atomic E-state index is -0.0879. The molecule has 0 bridgehead atoms. The SMILES string of the molecule is CCCCn1nnnc1CN1CCNCC1C#N. The molecule has 0 aromatic carbocycles. The molecule has 0 amide bonds. The lowest BCUT2D eigenvalue weighted by atomic mass is 10.2. The van der Waals surface area contributed by atoms with Crippen LogP contribution < -0.4 is 5.32 Å². The van der Waals surface area contributed by atoms with Gasteiger partial charge in [0, 0.05) is 26.2 Å². The summed E-state index contributed by atoms with van der Waals surface area (Å²) in [4.78, 5) is 2.13. The molecule has 18 heavy (non-hydrogen) atoms. The normalized spacial score (nSPS) is 20.8. The molecular formula is C11H19N7. The predicted octanol–water partition coefficient (Wildman–Crippen LogP) is -0.229. The Morgan fingerprint density at radius 1 is 1.56 bits per heavy atom. The first-order valence-electron chi connectivity index (χ1n) is 6.44. The molecule has 0 radical (unpaired) electrons. The van der Waals surface area contributed by atoms with Crippen molar-refractivity contribution >= 4 is 0 Å². The molecule has 1 aromatic rings. The second-order valence-corrected chi connectivity index (χ2v) is 4.49. The van der Waals surface area contributed by atoms with Crippen LogP contribution in [0, 0.1) is 11.3 Å². The molecule has 1 aliphatic rings. The summed E-state index contributed by atoms with van der Waals surface area (Å²) in [5.41, 5.74) is 0. The molecule has 1 aromatic heterocycles. The average Bonchev–Trinajstić information content (AvgIpc) is 2.84. The van der Waals surface area contributed by atoms with Gasteiger partial charge in [-0.05, 0) is 16.8 Å². The van der Waals surface area contributed by atoms with E-state index in [4.69, 9.17) is 5.26 Å². The van der Waals surface area contributed by atoms with Crippen molar-refractivity contribution in [2.24, 2.45) is 0 Å². The highest BCUT2D eigenvalue weighted by Crippen LogP contribution is 2.08. The Balaban J connectivity index is 1.99. The molecule has 2 heterocycles. The molecule has 1 saturated heterocycles. The minimum Gasteiger partial charge on any atom is -0.313 e. The molecule has 7 nitrogen and oxygen atoms in total. The van der Waals surface area contributed by atoms with E-state index in [1.807, 2.05) is 4.68 Å². The van der Waals surface area contributed by atoms with Crippen LogP contribution in [0.4, 0.5) is 0 Å². The van der Waals surface area contributed by atoms with Crippen molar-refractivity contribution in [2.45, 2.75) is 38.9 Å². The monoisotopic (exact) mass is 249 g/mol. The van der Waals surface area contributed by atoms with Gasteiger partial charge in [0.1, 0.15) is 6.04 Å². The average molecular weight is 249 g/mol. The van der Waals surface area contributed by atoms with Crippen LogP contribution in [-0.2, 0) is 13.1 Å². The maximum absolute atomic E-state index is 9.11. The van der Waals surface area contributed by atoms with E-state index >= 15 is 0 Å². The summed E-state index contributed by atoms with van der Waals surface area (Å²) in [5.74, 6) is 0.852. The third-order valence-corrected chi connectivity index (χ3v) is 3.18. The third kappa shape index (κ3) is 3.03. The number of hydrogen-bond donors (Lipinski definition) is 1. The Morgan fingerprint density at radius 3 is 3.22 bits per heavy atom. The molecule has 98 valence electrons. The molecule has 1 unspecified atom stereocenters. The van der Waals surface area contributed by atoms with Gasteiger partial charge in [0.25, 0.3) is 0 Å². The largest absolute Gasteiger partial charge is 0.313 e. The quantitative estimate of drug-likeness (QED) is 0.776. The van der Waals surface area contributed by atoms with Gasteiger partial charge in [-0.2, -0.15) is 5.26 Å². The van der Waals surface area contributed by atoms with Crippen LogP contribution >= 0.6 is 0 Å². The van der Waals surface area contributed by atoms with Gasteiger partial charge in [0.15, 0.2) is 5.82 Å². The maximum atomic E-state index is 9.11. The van der Waals surface area contributed by atoms with E-state index < -0.39 is 0 Å². The Labute approximate surface area is 107 Å².